The Bertz CT molecular complexity index is 309. The van der Waals surface area contributed by atoms with Gasteiger partial charge in [0, 0.05) is 12.5 Å². The fourth-order valence-electron chi connectivity index (χ4n) is 0.784. The number of carbonyl (C=O) groups excluding carboxylic acids is 2. The first-order valence-corrected chi connectivity index (χ1v) is 3.77. The Morgan fingerprint density at radius 3 is 2.38 bits per heavy atom. The second-order valence-corrected chi connectivity index (χ2v) is 2.44. The first kappa shape index (κ1) is 9.25. The molecule has 4 heteroatoms. The molecule has 0 aromatic heterocycles. The molecule has 0 spiro atoms. The van der Waals surface area contributed by atoms with Crippen LogP contribution in [0.4, 0.5) is 0 Å². The summed E-state index contributed by atoms with van der Waals surface area (Å²) in [5.41, 5.74) is 5.88. The maximum absolute atomic E-state index is 11.2. The minimum absolute atomic E-state index is 0.379. The lowest BCUT2D eigenvalue weighted by atomic mass is 10.2. The van der Waals surface area contributed by atoms with Crippen molar-refractivity contribution in [1.29, 1.82) is 0 Å². The normalized spacial score (nSPS) is 9.00. The zero-order chi connectivity index (χ0) is 9.68. The zero-order valence-electron chi connectivity index (χ0n) is 7.15. The summed E-state index contributed by atoms with van der Waals surface area (Å²) in [6, 6.07) is 8.57. The van der Waals surface area contributed by atoms with Gasteiger partial charge in [-0.05, 0) is 12.1 Å². The molecule has 2 amide bonds. The molecule has 0 bridgehead atoms. The van der Waals surface area contributed by atoms with Gasteiger partial charge in [0.1, 0.15) is 0 Å². The molecule has 1 radical (unpaired) electrons. The largest absolute Gasteiger partial charge is 0.271 e. The number of carbonyl (C=O) groups is 2. The van der Waals surface area contributed by atoms with Crippen LogP contribution in [0.3, 0.4) is 0 Å². The molecule has 0 aliphatic rings. The topological polar surface area (TPSA) is 60.3 Å². The zero-order valence-corrected chi connectivity index (χ0v) is 7.15. The van der Waals surface area contributed by atoms with Crippen molar-refractivity contribution in [2.24, 2.45) is 0 Å². The third kappa shape index (κ3) is 2.94. The van der Waals surface area contributed by atoms with Crippen LogP contribution in [0.5, 0.6) is 0 Å². The van der Waals surface area contributed by atoms with Gasteiger partial charge in [0.15, 0.2) is 0 Å². The maximum atomic E-state index is 11.2. The minimum atomic E-state index is -0.427. The van der Waals surface area contributed by atoms with Crippen LogP contribution in [0.1, 0.15) is 17.3 Å². The van der Waals surface area contributed by atoms with Crippen molar-refractivity contribution < 1.29 is 9.59 Å². The van der Waals surface area contributed by atoms with E-state index in [0.717, 1.165) is 0 Å². The SMILES string of the molecule is CC(=O)[N]NC(=O)c1ccccc1. The van der Waals surface area contributed by atoms with E-state index in [2.05, 4.69) is 10.9 Å². The summed E-state index contributed by atoms with van der Waals surface area (Å²) in [7, 11) is 0. The number of hydrogen-bond acceptors (Lipinski definition) is 2. The monoisotopic (exact) mass is 177 g/mol. The van der Waals surface area contributed by atoms with Crippen molar-refractivity contribution in [3.63, 3.8) is 0 Å². The van der Waals surface area contributed by atoms with Crippen LogP contribution in [-0.4, -0.2) is 11.8 Å². The predicted molar refractivity (Wildman–Crippen MR) is 46.7 cm³/mol. The molecule has 0 atom stereocenters. The smallest absolute Gasteiger partial charge is 0.271 e. The molecule has 0 aliphatic carbocycles. The molecule has 4 nitrogen and oxygen atoms in total. The Morgan fingerprint density at radius 2 is 1.85 bits per heavy atom. The van der Waals surface area contributed by atoms with Crippen molar-refractivity contribution in [3.8, 4) is 0 Å². The lowest BCUT2D eigenvalue weighted by Gasteiger charge is -2.00. The van der Waals surface area contributed by atoms with E-state index < -0.39 is 5.91 Å². The van der Waals surface area contributed by atoms with Crippen molar-refractivity contribution >= 4 is 11.8 Å². The highest BCUT2D eigenvalue weighted by molar-refractivity contribution is 5.95. The lowest BCUT2D eigenvalue weighted by molar-refractivity contribution is -0.120. The molecule has 0 saturated heterocycles. The third-order valence-electron chi connectivity index (χ3n) is 1.35. The fourth-order valence-corrected chi connectivity index (χ4v) is 0.784. The second-order valence-electron chi connectivity index (χ2n) is 2.44. The lowest BCUT2D eigenvalue weighted by Crippen LogP contribution is -2.34. The van der Waals surface area contributed by atoms with Gasteiger partial charge in [-0.25, -0.2) is 5.43 Å². The van der Waals surface area contributed by atoms with E-state index >= 15 is 0 Å². The van der Waals surface area contributed by atoms with Crippen LogP contribution in [-0.2, 0) is 4.79 Å². The first-order chi connectivity index (χ1) is 6.20. The van der Waals surface area contributed by atoms with E-state index in [-0.39, 0.29) is 5.91 Å². The molecular weight excluding hydrogens is 168 g/mol. The van der Waals surface area contributed by atoms with E-state index in [0.29, 0.717) is 5.56 Å². The molecule has 1 aromatic rings. The quantitative estimate of drug-likeness (QED) is 0.634. The summed E-state index contributed by atoms with van der Waals surface area (Å²) >= 11 is 0. The van der Waals surface area contributed by atoms with E-state index in [1.54, 1.807) is 30.3 Å². The van der Waals surface area contributed by atoms with Crippen LogP contribution < -0.4 is 10.9 Å². The Balaban J connectivity index is 2.54. The summed E-state index contributed by atoms with van der Waals surface area (Å²) in [6.07, 6.45) is 0. The highest BCUT2D eigenvalue weighted by Crippen LogP contribution is 1.96. The van der Waals surface area contributed by atoms with Crippen molar-refractivity contribution in [1.82, 2.24) is 10.9 Å². The average Bonchev–Trinajstić information content (AvgIpc) is 2.15. The number of nitrogens with zero attached hydrogens (tertiary/aromatic N) is 1. The van der Waals surface area contributed by atoms with Crippen LogP contribution in [0.25, 0.3) is 0 Å². The fraction of sp³-hybridized carbons (Fsp3) is 0.111. The van der Waals surface area contributed by atoms with Gasteiger partial charge in [-0.15, -0.1) is 5.43 Å². The minimum Gasteiger partial charge on any atom is -0.271 e. The first-order valence-electron chi connectivity index (χ1n) is 3.77. The Morgan fingerprint density at radius 1 is 1.23 bits per heavy atom. The molecule has 1 aromatic carbocycles. The number of rotatable bonds is 1. The third-order valence-corrected chi connectivity index (χ3v) is 1.35. The van der Waals surface area contributed by atoms with Crippen molar-refractivity contribution in [2.45, 2.75) is 6.92 Å². The number of hydrogen-bond donors (Lipinski definition) is 1. The Kier molecular flexibility index (Phi) is 3.03. The number of amides is 2. The van der Waals surface area contributed by atoms with Crippen LogP contribution in [0.15, 0.2) is 30.3 Å². The van der Waals surface area contributed by atoms with Gasteiger partial charge >= 0.3 is 0 Å². The maximum Gasteiger partial charge on any atom is 0.271 e. The standard InChI is InChI=1S/C9H9N2O2/c1-7(12)10-11-9(13)8-5-3-2-4-6-8/h2-6H,1H3,(H,11,13). The molecule has 0 saturated carbocycles. The summed E-state index contributed by atoms with van der Waals surface area (Å²) in [4.78, 5) is 21.6. The van der Waals surface area contributed by atoms with E-state index in [9.17, 15) is 9.59 Å². The van der Waals surface area contributed by atoms with Crippen LogP contribution in [0.2, 0.25) is 0 Å². The van der Waals surface area contributed by atoms with Gasteiger partial charge in [-0.1, -0.05) is 18.2 Å². The molecule has 0 unspecified atom stereocenters. The van der Waals surface area contributed by atoms with Gasteiger partial charge in [-0.2, -0.15) is 0 Å². The molecule has 13 heavy (non-hydrogen) atoms. The molecule has 0 fully saturated rings. The second kappa shape index (κ2) is 4.25. The number of nitrogens with one attached hydrogen (secondary N) is 1. The van der Waals surface area contributed by atoms with Crippen molar-refractivity contribution in [3.05, 3.63) is 35.9 Å². The Labute approximate surface area is 75.9 Å². The summed E-state index contributed by atoms with van der Waals surface area (Å²) < 4.78 is 0. The molecule has 1 N–H and O–H groups in total. The average molecular weight is 177 g/mol. The van der Waals surface area contributed by atoms with Crippen LogP contribution in [0, 0.1) is 0 Å². The van der Waals surface area contributed by atoms with Gasteiger partial charge in [0.05, 0.1) is 0 Å². The van der Waals surface area contributed by atoms with E-state index in [4.69, 9.17) is 0 Å². The van der Waals surface area contributed by atoms with Gasteiger partial charge in [-0.3, -0.25) is 9.59 Å². The highest BCUT2D eigenvalue weighted by Gasteiger charge is 2.04. The Hall–Kier alpha value is -1.84. The molecule has 1 rings (SSSR count). The molecule has 67 valence electrons. The van der Waals surface area contributed by atoms with Gasteiger partial charge in [0.25, 0.3) is 11.8 Å². The predicted octanol–water partition coefficient (Wildman–Crippen LogP) is 0.482. The summed E-state index contributed by atoms with van der Waals surface area (Å²) in [6.45, 7) is 1.27. The highest BCUT2D eigenvalue weighted by atomic mass is 16.2. The van der Waals surface area contributed by atoms with E-state index in [1.165, 1.54) is 6.92 Å². The summed E-state index contributed by atoms with van der Waals surface area (Å²) in [5.74, 6) is -0.805. The molecular formula is C9H9N2O2. The van der Waals surface area contributed by atoms with Gasteiger partial charge in [0.2, 0.25) is 0 Å². The van der Waals surface area contributed by atoms with Crippen molar-refractivity contribution in [2.75, 3.05) is 0 Å². The van der Waals surface area contributed by atoms with Crippen LogP contribution >= 0.6 is 0 Å². The van der Waals surface area contributed by atoms with E-state index in [1.807, 2.05) is 0 Å². The molecule has 0 heterocycles. The number of benzene rings is 1. The molecule has 0 aliphatic heterocycles. The summed E-state index contributed by atoms with van der Waals surface area (Å²) in [5, 5.41) is 0. The van der Waals surface area contributed by atoms with Gasteiger partial charge < -0.3 is 0 Å².